The van der Waals surface area contributed by atoms with Crippen molar-refractivity contribution in [3.8, 4) is 0 Å². The summed E-state index contributed by atoms with van der Waals surface area (Å²) in [5.41, 5.74) is 6.88. The summed E-state index contributed by atoms with van der Waals surface area (Å²) in [4.78, 5) is 30.7. The summed E-state index contributed by atoms with van der Waals surface area (Å²) in [5, 5.41) is 2.36. The molecule has 1 atom stereocenters. The molecule has 0 fully saturated rings. The molecule has 136 valence electrons. The van der Waals surface area contributed by atoms with Gasteiger partial charge in [-0.25, -0.2) is 9.97 Å². The van der Waals surface area contributed by atoms with Gasteiger partial charge in [0.05, 0.1) is 18.0 Å². The van der Waals surface area contributed by atoms with Crippen LogP contribution in [0.25, 0.3) is 0 Å². The molecule has 0 radical (unpaired) electrons. The van der Waals surface area contributed by atoms with Crippen molar-refractivity contribution >= 4 is 18.0 Å². The van der Waals surface area contributed by atoms with E-state index in [-0.39, 0.29) is 23.0 Å². The van der Waals surface area contributed by atoms with E-state index in [4.69, 9.17) is 5.73 Å². The van der Waals surface area contributed by atoms with Crippen molar-refractivity contribution in [2.24, 2.45) is 5.73 Å². The van der Waals surface area contributed by atoms with E-state index in [1.165, 1.54) is 6.07 Å². The maximum atomic E-state index is 12.5. The van der Waals surface area contributed by atoms with Crippen LogP contribution in [-0.2, 0) is 19.0 Å². The minimum atomic E-state index is -4.61. The lowest BCUT2D eigenvalue weighted by Crippen LogP contribution is -2.29. The van der Waals surface area contributed by atoms with Gasteiger partial charge in [0, 0.05) is 11.6 Å². The quantitative estimate of drug-likeness (QED) is 0.815. The average molecular weight is 364 g/mol. The van der Waals surface area contributed by atoms with Gasteiger partial charge in [0.1, 0.15) is 0 Å². The number of amides is 1. The van der Waals surface area contributed by atoms with Gasteiger partial charge in [-0.3, -0.25) is 9.59 Å². The van der Waals surface area contributed by atoms with Crippen LogP contribution in [0.3, 0.4) is 0 Å². The van der Waals surface area contributed by atoms with Gasteiger partial charge in [-0.05, 0) is 36.5 Å². The van der Waals surface area contributed by atoms with Crippen molar-refractivity contribution in [1.29, 1.82) is 0 Å². The molecule has 9 heteroatoms. The highest BCUT2D eigenvalue weighted by Gasteiger charge is 2.32. The molecule has 2 aromatic rings. The maximum Gasteiger partial charge on any atom is 0.434 e. The molecule has 1 aliphatic rings. The first kappa shape index (κ1) is 18.0. The van der Waals surface area contributed by atoms with E-state index in [0.717, 1.165) is 17.3 Å². The predicted octanol–water partition coefficient (Wildman–Crippen LogP) is 2.38. The third-order valence-corrected chi connectivity index (χ3v) is 4.25. The first-order valence-electron chi connectivity index (χ1n) is 7.85. The van der Waals surface area contributed by atoms with E-state index in [1.54, 1.807) is 6.07 Å². The number of anilines is 1. The number of rotatable bonds is 3. The van der Waals surface area contributed by atoms with Crippen LogP contribution in [-0.4, -0.2) is 28.2 Å². The van der Waals surface area contributed by atoms with E-state index in [1.807, 2.05) is 0 Å². The van der Waals surface area contributed by atoms with Crippen molar-refractivity contribution < 1.29 is 22.8 Å². The SMILES string of the molecule is NC1CCc2c(ccc(C(=O)Nc3cnc(C(F)(F)F)cn3)c2C=O)C1. The van der Waals surface area contributed by atoms with Crippen molar-refractivity contribution in [3.05, 3.63) is 52.5 Å². The number of hydrogen-bond donors (Lipinski definition) is 2. The van der Waals surface area contributed by atoms with Crippen LogP contribution in [0, 0.1) is 0 Å². The van der Waals surface area contributed by atoms with Crippen LogP contribution in [0.4, 0.5) is 19.0 Å². The second kappa shape index (κ2) is 6.83. The van der Waals surface area contributed by atoms with E-state index < -0.39 is 17.8 Å². The average Bonchev–Trinajstić information content (AvgIpc) is 2.60. The zero-order valence-corrected chi connectivity index (χ0v) is 13.5. The Morgan fingerprint density at radius 1 is 1.27 bits per heavy atom. The van der Waals surface area contributed by atoms with Gasteiger partial charge in [-0.1, -0.05) is 6.07 Å². The van der Waals surface area contributed by atoms with E-state index in [9.17, 15) is 22.8 Å². The van der Waals surface area contributed by atoms with Crippen LogP contribution in [0.2, 0.25) is 0 Å². The zero-order valence-electron chi connectivity index (χ0n) is 13.5. The summed E-state index contributed by atoms with van der Waals surface area (Å²) >= 11 is 0. The molecule has 1 aromatic heterocycles. The van der Waals surface area contributed by atoms with Crippen LogP contribution >= 0.6 is 0 Å². The minimum Gasteiger partial charge on any atom is -0.327 e. The summed E-state index contributed by atoms with van der Waals surface area (Å²) in [6.45, 7) is 0. The molecular weight excluding hydrogens is 349 g/mol. The van der Waals surface area contributed by atoms with Crippen molar-refractivity contribution in [2.75, 3.05) is 5.32 Å². The molecule has 1 unspecified atom stereocenters. The van der Waals surface area contributed by atoms with Gasteiger partial charge in [0.2, 0.25) is 0 Å². The number of nitrogens with one attached hydrogen (secondary N) is 1. The fraction of sp³-hybridized carbons (Fsp3) is 0.294. The van der Waals surface area contributed by atoms with Gasteiger partial charge in [0.15, 0.2) is 17.8 Å². The number of aromatic nitrogens is 2. The third kappa shape index (κ3) is 3.57. The Labute approximate surface area is 146 Å². The first-order chi connectivity index (χ1) is 12.3. The lowest BCUT2D eigenvalue weighted by molar-refractivity contribution is -0.141. The smallest absolute Gasteiger partial charge is 0.327 e. The molecular formula is C17H15F3N4O2. The second-order valence-corrected chi connectivity index (χ2v) is 6.02. The molecule has 0 spiro atoms. The van der Waals surface area contributed by atoms with Crippen molar-refractivity contribution in [3.63, 3.8) is 0 Å². The molecule has 0 saturated carbocycles. The van der Waals surface area contributed by atoms with Gasteiger partial charge in [0.25, 0.3) is 5.91 Å². The Balaban J connectivity index is 1.85. The lowest BCUT2D eigenvalue weighted by Gasteiger charge is -2.23. The van der Waals surface area contributed by atoms with Crippen molar-refractivity contribution in [1.82, 2.24) is 9.97 Å². The largest absolute Gasteiger partial charge is 0.434 e. The van der Waals surface area contributed by atoms with Crippen LogP contribution in [0.15, 0.2) is 24.5 Å². The zero-order chi connectivity index (χ0) is 18.9. The summed E-state index contributed by atoms with van der Waals surface area (Å²) in [6.07, 6.45) is -0.719. The number of alkyl halides is 3. The number of aldehydes is 1. The molecule has 1 aromatic carbocycles. The van der Waals surface area contributed by atoms with Crippen LogP contribution in [0.1, 0.15) is 44.0 Å². The Morgan fingerprint density at radius 3 is 2.65 bits per heavy atom. The molecule has 6 nitrogen and oxygen atoms in total. The number of benzene rings is 1. The fourth-order valence-corrected chi connectivity index (χ4v) is 2.97. The Bertz CT molecular complexity index is 850. The summed E-state index contributed by atoms with van der Waals surface area (Å²) < 4.78 is 37.5. The number of hydrogen-bond acceptors (Lipinski definition) is 5. The Kier molecular flexibility index (Phi) is 4.73. The molecule has 1 heterocycles. The van der Waals surface area contributed by atoms with Gasteiger partial charge < -0.3 is 11.1 Å². The molecule has 3 rings (SSSR count). The van der Waals surface area contributed by atoms with Gasteiger partial charge in [-0.15, -0.1) is 0 Å². The number of carbonyl (C=O) groups excluding carboxylic acids is 2. The molecule has 1 amide bonds. The van der Waals surface area contributed by atoms with E-state index in [0.29, 0.717) is 31.7 Å². The van der Waals surface area contributed by atoms with E-state index in [2.05, 4.69) is 15.3 Å². The van der Waals surface area contributed by atoms with Crippen LogP contribution in [0.5, 0.6) is 0 Å². The molecule has 0 aliphatic heterocycles. The Morgan fingerprint density at radius 2 is 2.04 bits per heavy atom. The molecule has 1 aliphatic carbocycles. The topological polar surface area (TPSA) is 98.0 Å². The highest BCUT2D eigenvalue weighted by Crippen LogP contribution is 2.28. The number of nitrogens with two attached hydrogens (primary N) is 1. The highest BCUT2D eigenvalue weighted by molar-refractivity contribution is 6.09. The predicted molar refractivity (Wildman–Crippen MR) is 86.8 cm³/mol. The number of nitrogens with zero attached hydrogens (tertiary/aromatic N) is 2. The number of halogens is 3. The van der Waals surface area contributed by atoms with E-state index >= 15 is 0 Å². The minimum absolute atomic E-state index is 0.0177. The number of carbonyl (C=O) groups is 2. The normalized spacial score (nSPS) is 16.7. The Hall–Kier alpha value is -2.81. The molecule has 26 heavy (non-hydrogen) atoms. The standard InChI is InChI=1S/C17H15F3N4O2/c18-17(19,20)14-6-23-15(7-22-14)24-16(26)12-3-1-9-5-10(21)2-4-11(9)13(12)8-25/h1,3,6-8,10H,2,4-5,21H2,(H,23,24,26). The second-order valence-electron chi connectivity index (χ2n) is 6.02. The summed E-state index contributed by atoms with van der Waals surface area (Å²) in [7, 11) is 0. The third-order valence-electron chi connectivity index (χ3n) is 4.25. The summed E-state index contributed by atoms with van der Waals surface area (Å²) in [6, 6.07) is 3.27. The number of fused-ring (bicyclic) bond motifs is 1. The lowest BCUT2D eigenvalue weighted by atomic mass is 9.84. The maximum absolute atomic E-state index is 12.5. The molecule has 0 bridgehead atoms. The molecule has 3 N–H and O–H groups in total. The summed E-state index contributed by atoms with van der Waals surface area (Å²) in [5.74, 6) is -0.779. The van der Waals surface area contributed by atoms with Gasteiger partial charge >= 0.3 is 6.18 Å². The van der Waals surface area contributed by atoms with Crippen molar-refractivity contribution in [2.45, 2.75) is 31.5 Å². The highest BCUT2D eigenvalue weighted by atomic mass is 19.4. The monoisotopic (exact) mass is 364 g/mol. The molecule has 0 saturated heterocycles. The fourth-order valence-electron chi connectivity index (χ4n) is 2.97. The van der Waals surface area contributed by atoms with Gasteiger partial charge in [-0.2, -0.15) is 13.2 Å². The van der Waals surface area contributed by atoms with Crippen LogP contribution < -0.4 is 11.1 Å². The first-order valence-corrected chi connectivity index (χ1v) is 7.85.